The highest BCUT2D eigenvalue weighted by atomic mass is 127. The Hall–Kier alpha value is -0.630. The Bertz CT molecular complexity index is 633. The van der Waals surface area contributed by atoms with Crippen LogP contribution < -0.4 is 0 Å². The zero-order chi connectivity index (χ0) is 11.2. The van der Waals surface area contributed by atoms with E-state index in [4.69, 9.17) is 0 Å². The van der Waals surface area contributed by atoms with Crippen molar-refractivity contribution in [3.8, 4) is 0 Å². The lowest BCUT2D eigenvalue weighted by Crippen LogP contribution is -2.08. The Balaban J connectivity index is 2.98. The molecule has 2 rings (SSSR count). The predicted octanol–water partition coefficient (Wildman–Crippen LogP) is 2.19. The summed E-state index contributed by atoms with van der Waals surface area (Å²) in [6.45, 7) is 0. The second-order valence-electron chi connectivity index (χ2n) is 3.17. The van der Waals surface area contributed by atoms with Crippen LogP contribution in [0.2, 0.25) is 0 Å². The molecule has 0 spiro atoms. The summed E-state index contributed by atoms with van der Waals surface area (Å²) in [5, 5.41) is 0.350. The first kappa shape index (κ1) is 10.9. The third-order valence-corrected chi connectivity index (χ3v) is 3.89. The lowest BCUT2D eigenvalue weighted by atomic mass is 10.2. The Morgan fingerprint density at radius 2 is 2.07 bits per heavy atom. The lowest BCUT2D eigenvalue weighted by molar-refractivity contribution is 0.595. The molecule has 0 amide bonds. The molecule has 0 N–H and O–H groups in total. The van der Waals surface area contributed by atoms with Gasteiger partial charge in [-0.25, -0.2) is 16.8 Å². The molecule has 1 aromatic heterocycles. The molecule has 1 aromatic carbocycles. The highest BCUT2D eigenvalue weighted by Crippen LogP contribution is 2.26. The van der Waals surface area contributed by atoms with Crippen molar-refractivity contribution >= 4 is 43.5 Å². The summed E-state index contributed by atoms with van der Waals surface area (Å²) in [6, 6.07) is 4.40. The van der Waals surface area contributed by atoms with Crippen molar-refractivity contribution in [2.24, 2.45) is 0 Å². The minimum absolute atomic E-state index is 0.350. The standard InChI is InChI=1S/C9H7FINO2S/c1-15(13,14)12-5-7(11)9-6(10)3-2-4-8(9)12/h2-5H,1H3. The van der Waals surface area contributed by atoms with E-state index in [1.54, 1.807) is 6.07 Å². The minimum Gasteiger partial charge on any atom is -0.244 e. The minimum atomic E-state index is -3.38. The predicted molar refractivity (Wildman–Crippen MR) is 64.9 cm³/mol. The number of rotatable bonds is 1. The summed E-state index contributed by atoms with van der Waals surface area (Å²) < 4.78 is 37.9. The SMILES string of the molecule is CS(=O)(=O)n1cc(I)c2c(F)cccc21. The molecular formula is C9H7FINO2S. The van der Waals surface area contributed by atoms with Crippen molar-refractivity contribution in [1.82, 2.24) is 3.97 Å². The first-order chi connectivity index (χ1) is 6.91. The maximum Gasteiger partial charge on any atom is 0.236 e. The second kappa shape index (κ2) is 3.44. The molecule has 0 unspecified atom stereocenters. The molecule has 0 radical (unpaired) electrons. The van der Waals surface area contributed by atoms with Crippen molar-refractivity contribution in [1.29, 1.82) is 0 Å². The van der Waals surface area contributed by atoms with Gasteiger partial charge in [0.2, 0.25) is 10.0 Å². The number of hydrogen-bond donors (Lipinski definition) is 0. The van der Waals surface area contributed by atoms with Crippen LogP contribution in [0.1, 0.15) is 0 Å². The van der Waals surface area contributed by atoms with Gasteiger partial charge >= 0.3 is 0 Å². The number of nitrogens with zero attached hydrogens (tertiary/aromatic N) is 1. The molecule has 0 aliphatic rings. The van der Waals surface area contributed by atoms with Crippen molar-refractivity contribution < 1.29 is 12.8 Å². The van der Waals surface area contributed by atoms with Crippen LogP contribution >= 0.6 is 22.6 Å². The average Bonchev–Trinajstić information content (AvgIpc) is 2.44. The first-order valence-electron chi connectivity index (χ1n) is 4.07. The number of hydrogen-bond acceptors (Lipinski definition) is 2. The summed E-state index contributed by atoms with van der Waals surface area (Å²) in [5.74, 6) is -0.403. The summed E-state index contributed by atoms with van der Waals surface area (Å²) in [6.07, 6.45) is 2.51. The lowest BCUT2D eigenvalue weighted by Gasteiger charge is -2.00. The van der Waals surface area contributed by atoms with Gasteiger partial charge in [-0.05, 0) is 34.7 Å². The zero-order valence-corrected chi connectivity index (χ0v) is 10.7. The molecule has 0 aliphatic carbocycles. The molecule has 2 aromatic rings. The quantitative estimate of drug-likeness (QED) is 0.748. The zero-order valence-electron chi connectivity index (χ0n) is 7.74. The molecule has 15 heavy (non-hydrogen) atoms. The molecule has 0 saturated heterocycles. The van der Waals surface area contributed by atoms with Crippen molar-refractivity contribution in [3.63, 3.8) is 0 Å². The van der Waals surface area contributed by atoms with Crippen LogP contribution in [0.15, 0.2) is 24.4 Å². The number of halogens is 2. The van der Waals surface area contributed by atoms with Crippen LogP contribution in [0.25, 0.3) is 10.9 Å². The van der Waals surface area contributed by atoms with Crippen LogP contribution in [-0.4, -0.2) is 18.6 Å². The smallest absolute Gasteiger partial charge is 0.236 e. The van der Waals surface area contributed by atoms with Crippen LogP contribution in [-0.2, 0) is 10.0 Å². The van der Waals surface area contributed by atoms with Crippen LogP contribution in [0.4, 0.5) is 4.39 Å². The largest absolute Gasteiger partial charge is 0.244 e. The van der Waals surface area contributed by atoms with Crippen LogP contribution in [0, 0.1) is 9.39 Å². The fraction of sp³-hybridized carbons (Fsp3) is 0.111. The Morgan fingerprint density at radius 1 is 1.40 bits per heavy atom. The van der Waals surface area contributed by atoms with Gasteiger partial charge in [0, 0.05) is 15.2 Å². The molecule has 0 fully saturated rings. The van der Waals surface area contributed by atoms with Crippen molar-refractivity contribution in [3.05, 3.63) is 33.8 Å². The second-order valence-corrected chi connectivity index (χ2v) is 6.19. The highest BCUT2D eigenvalue weighted by Gasteiger charge is 2.15. The topological polar surface area (TPSA) is 39.1 Å². The van der Waals surface area contributed by atoms with E-state index in [1.807, 2.05) is 22.6 Å². The van der Waals surface area contributed by atoms with E-state index < -0.39 is 15.8 Å². The molecule has 1 heterocycles. The van der Waals surface area contributed by atoms with E-state index in [0.717, 1.165) is 10.2 Å². The molecule has 6 heteroatoms. The maximum atomic E-state index is 13.4. The molecule has 0 aliphatic heterocycles. The first-order valence-corrected chi connectivity index (χ1v) is 6.99. The number of aromatic nitrogens is 1. The summed E-state index contributed by atoms with van der Waals surface area (Å²) in [5.41, 5.74) is 0.377. The number of benzene rings is 1. The molecule has 0 bridgehead atoms. The van der Waals surface area contributed by atoms with Crippen LogP contribution in [0.3, 0.4) is 0 Å². The van der Waals surface area contributed by atoms with Gasteiger partial charge in [0.15, 0.2) is 0 Å². The fourth-order valence-electron chi connectivity index (χ4n) is 1.44. The van der Waals surface area contributed by atoms with Gasteiger partial charge in [0.1, 0.15) is 5.82 Å². The van der Waals surface area contributed by atoms with Gasteiger partial charge < -0.3 is 0 Å². The van der Waals surface area contributed by atoms with E-state index >= 15 is 0 Å². The highest BCUT2D eigenvalue weighted by molar-refractivity contribution is 14.1. The summed E-state index contributed by atoms with van der Waals surface area (Å²) >= 11 is 1.92. The Kier molecular flexibility index (Phi) is 2.50. The molecule has 3 nitrogen and oxygen atoms in total. The van der Waals surface area contributed by atoms with Crippen LogP contribution in [0.5, 0.6) is 0 Å². The maximum absolute atomic E-state index is 13.4. The summed E-state index contributed by atoms with van der Waals surface area (Å²) in [4.78, 5) is 0. The molecular weight excluding hydrogens is 332 g/mol. The molecule has 80 valence electrons. The third-order valence-electron chi connectivity index (χ3n) is 2.06. The van der Waals surface area contributed by atoms with Crippen molar-refractivity contribution in [2.75, 3.05) is 6.26 Å². The van der Waals surface area contributed by atoms with E-state index in [2.05, 4.69) is 0 Å². The summed E-state index contributed by atoms with van der Waals surface area (Å²) in [7, 11) is -3.38. The van der Waals surface area contributed by atoms with E-state index in [9.17, 15) is 12.8 Å². The normalized spacial score (nSPS) is 12.2. The van der Waals surface area contributed by atoms with Gasteiger partial charge in [-0.2, -0.15) is 0 Å². The van der Waals surface area contributed by atoms with Gasteiger partial charge in [0.25, 0.3) is 0 Å². The molecule has 0 atom stereocenters. The van der Waals surface area contributed by atoms with E-state index in [0.29, 0.717) is 14.5 Å². The van der Waals surface area contributed by atoms with E-state index in [1.165, 1.54) is 18.3 Å². The molecule has 0 saturated carbocycles. The number of fused-ring (bicyclic) bond motifs is 1. The van der Waals surface area contributed by atoms with Gasteiger partial charge in [-0.1, -0.05) is 6.07 Å². The monoisotopic (exact) mass is 339 g/mol. The van der Waals surface area contributed by atoms with Gasteiger partial charge in [0.05, 0.1) is 11.8 Å². The average molecular weight is 339 g/mol. The Labute approximate surface area is 100 Å². The Morgan fingerprint density at radius 3 is 2.67 bits per heavy atom. The van der Waals surface area contributed by atoms with E-state index in [-0.39, 0.29) is 0 Å². The van der Waals surface area contributed by atoms with Gasteiger partial charge in [-0.3, -0.25) is 0 Å². The van der Waals surface area contributed by atoms with Gasteiger partial charge in [-0.15, -0.1) is 0 Å². The fourth-order valence-corrected chi connectivity index (χ4v) is 3.25. The third kappa shape index (κ3) is 1.76. The van der Waals surface area contributed by atoms with Crippen molar-refractivity contribution in [2.45, 2.75) is 0 Å².